The van der Waals surface area contributed by atoms with Crippen molar-refractivity contribution in [1.82, 2.24) is 0 Å². The Kier molecular flexibility index (Phi) is 5.21. The van der Waals surface area contributed by atoms with Gasteiger partial charge in [0.25, 0.3) is 6.47 Å². The van der Waals surface area contributed by atoms with Gasteiger partial charge in [-0.2, -0.15) is 0 Å². The van der Waals surface area contributed by atoms with Crippen LogP contribution in [-0.2, 0) is 9.53 Å². The van der Waals surface area contributed by atoms with E-state index in [2.05, 4.69) is 25.7 Å². The summed E-state index contributed by atoms with van der Waals surface area (Å²) >= 11 is 0. The lowest BCUT2D eigenvalue weighted by atomic mass is 9.44. The van der Waals surface area contributed by atoms with Gasteiger partial charge in [-0.3, -0.25) is 4.79 Å². The minimum Gasteiger partial charge on any atom is -0.465 e. The van der Waals surface area contributed by atoms with Crippen molar-refractivity contribution in [2.45, 2.75) is 83.3 Å². The lowest BCUT2D eigenvalue weighted by molar-refractivity contribution is -0.156. The lowest BCUT2D eigenvalue weighted by Crippen LogP contribution is -2.56. The molecular weight excluding hydrogens is 384 g/mol. The maximum Gasteiger partial charge on any atom is 0.293 e. The molecule has 1 N–H and O–H groups in total. The molecule has 0 amide bonds. The van der Waals surface area contributed by atoms with Gasteiger partial charge in [-0.05, 0) is 99.0 Å². The summed E-state index contributed by atoms with van der Waals surface area (Å²) in [5, 5.41) is 11.8. The van der Waals surface area contributed by atoms with E-state index < -0.39 is 5.60 Å². The second-order valence-corrected chi connectivity index (χ2v) is 11.3. The molecule has 0 saturated heterocycles. The number of ether oxygens (including phenoxy) is 1. The first kappa shape index (κ1) is 21.1. The molecular formula is C28H36O3. The van der Waals surface area contributed by atoms with Crippen LogP contribution in [0.2, 0.25) is 0 Å². The average Bonchev–Trinajstić information content (AvgIpc) is 3.05. The molecule has 4 fully saturated rings. The zero-order chi connectivity index (χ0) is 21.7. The molecule has 0 bridgehead atoms. The Hall–Kier alpha value is -1.79. The van der Waals surface area contributed by atoms with E-state index in [0.717, 1.165) is 43.6 Å². The number of rotatable bonds is 2. The van der Waals surface area contributed by atoms with Gasteiger partial charge in [0, 0.05) is 11.0 Å². The zero-order valence-corrected chi connectivity index (χ0v) is 19.0. The molecule has 0 unspecified atom stereocenters. The van der Waals surface area contributed by atoms with Crippen molar-refractivity contribution in [2.75, 3.05) is 0 Å². The van der Waals surface area contributed by atoms with E-state index in [0.29, 0.717) is 29.6 Å². The molecule has 1 aromatic rings. The van der Waals surface area contributed by atoms with Gasteiger partial charge in [-0.15, -0.1) is 0 Å². The van der Waals surface area contributed by atoms with Crippen LogP contribution in [0.4, 0.5) is 0 Å². The first-order chi connectivity index (χ1) is 14.9. The summed E-state index contributed by atoms with van der Waals surface area (Å²) in [4.78, 5) is 10.8. The first-order valence-corrected chi connectivity index (χ1v) is 12.3. The minimum absolute atomic E-state index is 0.114. The van der Waals surface area contributed by atoms with Crippen LogP contribution in [0, 0.1) is 46.3 Å². The molecule has 0 aromatic heterocycles. The SMILES string of the molecule is C[C@]12CC[C@H](OC=O)C[C@@H]1CC[C@H]1[C@H]2CC[C@]2(C)[C@@H]1CC[C@@]2(O)C#Cc1ccccc1. The molecule has 0 aliphatic heterocycles. The summed E-state index contributed by atoms with van der Waals surface area (Å²) in [5.41, 5.74) is 0.338. The fourth-order valence-corrected chi connectivity index (χ4v) is 8.34. The smallest absolute Gasteiger partial charge is 0.293 e. The molecule has 4 aliphatic rings. The van der Waals surface area contributed by atoms with E-state index in [1.165, 1.54) is 25.7 Å². The van der Waals surface area contributed by atoms with Crippen LogP contribution in [0.3, 0.4) is 0 Å². The summed E-state index contributed by atoms with van der Waals surface area (Å²) in [5.74, 6) is 9.27. The molecule has 4 aliphatic carbocycles. The maximum atomic E-state index is 11.8. The Morgan fingerprint density at radius 2 is 1.77 bits per heavy atom. The van der Waals surface area contributed by atoms with E-state index >= 15 is 0 Å². The van der Waals surface area contributed by atoms with Crippen LogP contribution in [0.25, 0.3) is 0 Å². The summed E-state index contributed by atoms with van der Waals surface area (Å²) in [6.45, 7) is 5.48. The highest BCUT2D eigenvalue weighted by Crippen LogP contribution is 2.68. The van der Waals surface area contributed by atoms with Crippen molar-refractivity contribution in [2.24, 2.45) is 34.5 Å². The quantitative estimate of drug-likeness (QED) is 0.518. The topological polar surface area (TPSA) is 46.5 Å². The van der Waals surface area contributed by atoms with Crippen LogP contribution in [0.5, 0.6) is 0 Å². The molecule has 1 aromatic carbocycles. The molecule has 31 heavy (non-hydrogen) atoms. The predicted octanol–water partition coefficient (Wildman–Crippen LogP) is 5.35. The fourth-order valence-electron chi connectivity index (χ4n) is 8.34. The molecule has 0 spiro atoms. The highest BCUT2D eigenvalue weighted by molar-refractivity contribution is 5.38. The van der Waals surface area contributed by atoms with Crippen molar-refractivity contribution < 1.29 is 14.6 Å². The van der Waals surface area contributed by atoms with E-state index in [1.54, 1.807) is 0 Å². The van der Waals surface area contributed by atoms with Crippen LogP contribution < -0.4 is 0 Å². The standard InChI is InChI=1S/C28H36O3/c1-26-14-11-22(31-19-29)18-21(26)8-9-23-24(26)12-15-27(2)25(23)13-17-28(27,30)16-10-20-6-4-3-5-7-20/h3-7,19,21-25,30H,8-9,11-15,17-18H2,1-2H3/t21-,22-,23-,24+,25+,26-,27+,28-/m0/s1. The van der Waals surface area contributed by atoms with Crippen molar-refractivity contribution in [3.8, 4) is 11.8 Å². The monoisotopic (exact) mass is 420 g/mol. The lowest BCUT2D eigenvalue weighted by Gasteiger charge is -2.61. The number of carbonyl (C=O) groups is 1. The van der Waals surface area contributed by atoms with Crippen molar-refractivity contribution in [3.63, 3.8) is 0 Å². The molecule has 3 heteroatoms. The Bertz CT molecular complexity index is 885. The predicted molar refractivity (Wildman–Crippen MR) is 121 cm³/mol. The summed E-state index contributed by atoms with van der Waals surface area (Å²) in [7, 11) is 0. The Balaban J connectivity index is 1.38. The number of fused-ring (bicyclic) bond motifs is 5. The molecule has 3 nitrogen and oxygen atoms in total. The van der Waals surface area contributed by atoms with Crippen LogP contribution in [0.15, 0.2) is 30.3 Å². The highest BCUT2D eigenvalue weighted by Gasteiger charge is 2.64. The fraction of sp³-hybridized carbons (Fsp3) is 0.679. The zero-order valence-electron chi connectivity index (χ0n) is 19.0. The molecule has 0 radical (unpaired) electrons. The largest absolute Gasteiger partial charge is 0.465 e. The third kappa shape index (κ3) is 3.25. The molecule has 166 valence electrons. The van der Waals surface area contributed by atoms with Gasteiger partial charge in [0.2, 0.25) is 0 Å². The Labute approximate surface area is 187 Å². The van der Waals surface area contributed by atoms with E-state index in [4.69, 9.17) is 4.74 Å². The summed E-state index contributed by atoms with van der Waals surface area (Å²) in [6, 6.07) is 10.1. The summed E-state index contributed by atoms with van der Waals surface area (Å²) in [6.07, 6.45) is 9.95. The molecule has 8 atom stereocenters. The first-order valence-electron chi connectivity index (χ1n) is 12.3. The normalized spacial score (nSPS) is 46.0. The van der Waals surface area contributed by atoms with Gasteiger partial charge in [0.15, 0.2) is 0 Å². The van der Waals surface area contributed by atoms with Crippen molar-refractivity contribution >= 4 is 6.47 Å². The second kappa shape index (κ2) is 7.66. The molecule has 4 saturated carbocycles. The Morgan fingerprint density at radius 3 is 2.55 bits per heavy atom. The highest BCUT2D eigenvalue weighted by atomic mass is 16.5. The van der Waals surface area contributed by atoms with Crippen LogP contribution in [-0.4, -0.2) is 23.3 Å². The number of benzene rings is 1. The van der Waals surface area contributed by atoms with Gasteiger partial charge in [0.05, 0.1) is 0 Å². The van der Waals surface area contributed by atoms with Gasteiger partial charge in [0.1, 0.15) is 11.7 Å². The maximum absolute atomic E-state index is 11.8. The van der Waals surface area contributed by atoms with E-state index in [9.17, 15) is 9.90 Å². The third-order valence-electron chi connectivity index (χ3n) is 10.2. The average molecular weight is 421 g/mol. The number of hydrogen-bond acceptors (Lipinski definition) is 3. The Morgan fingerprint density at radius 1 is 1.00 bits per heavy atom. The second-order valence-electron chi connectivity index (χ2n) is 11.3. The van der Waals surface area contributed by atoms with Crippen molar-refractivity contribution in [3.05, 3.63) is 35.9 Å². The van der Waals surface area contributed by atoms with E-state index in [-0.39, 0.29) is 11.5 Å². The van der Waals surface area contributed by atoms with Crippen molar-refractivity contribution in [1.29, 1.82) is 0 Å². The van der Waals surface area contributed by atoms with Gasteiger partial charge in [-0.1, -0.05) is 43.9 Å². The molecule has 0 heterocycles. The van der Waals surface area contributed by atoms with Crippen LogP contribution >= 0.6 is 0 Å². The van der Waals surface area contributed by atoms with Gasteiger partial charge in [-0.25, -0.2) is 0 Å². The number of aliphatic hydroxyl groups is 1. The summed E-state index contributed by atoms with van der Waals surface area (Å²) < 4.78 is 5.36. The minimum atomic E-state index is -0.883. The number of hydrogen-bond donors (Lipinski definition) is 1. The van der Waals surface area contributed by atoms with Gasteiger partial charge >= 0.3 is 0 Å². The van der Waals surface area contributed by atoms with Gasteiger partial charge < -0.3 is 9.84 Å². The molecule has 5 rings (SSSR count). The van der Waals surface area contributed by atoms with Crippen LogP contribution in [0.1, 0.15) is 77.2 Å². The number of carbonyl (C=O) groups excluding carboxylic acids is 1. The van der Waals surface area contributed by atoms with E-state index in [1.807, 2.05) is 30.3 Å². The third-order valence-corrected chi connectivity index (χ3v) is 10.2.